The molecule has 1 amide bonds. The highest BCUT2D eigenvalue weighted by atomic mass is 35.5. The number of nitrogens with one attached hydrogen (secondary N) is 2. The third-order valence-electron chi connectivity index (χ3n) is 2.39. The van der Waals surface area contributed by atoms with Crippen LogP contribution in [0.25, 0.3) is 0 Å². The van der Waals surface area contributed by atoms with Crippen LogP contribution in [0.4, 0.5) is 15.9 Å². The summed E-state index contributed by atoms with van der Waals surface area (Å²) >= 11 is 11.4. The maximum atomic E-state index is 13.3. The normalized spacial score (nSPS) is 10.2. The van der Waals surface area contributed by atoms with Gasteiger partial charge in [-0.1, -0.05) is 23.2 Å². The van der Waals surface area contributed by atoms with Gasteiger partial charge in [-0.15, -0.1) is 0 Å². The van der Waals surface area contributed by atoms with Gasteiger partial charge in [-0.05, 0) is 30.3 Å². The molecule has 2 aromatic rings. The Morgan fingerprint density at radius 2 is 1.90 bits per heavy atom. The molecule has 1 aromatic heterocycles. The first-order chi connectivity index (χ1) is 9.51. The molecule has 0 saturated carbocycles. The zero-order valence-electron chi connectivity index (χ0n) is 9.95. The molecule has 1 aromatic carbocycles. The third kappa shape index (κ3) is 3.16. The van der Waals surface area contributed by atoms with E-state index in [-0.39, 0.29) is 27.2 Å². The average molecular weight is 315 g/mol. The van der Waals surface area contributed by atoms with Gasteiger partial charge in [-0.25, -0.2) is 15.2 Å². The molecule has 0 fully saturated rings. The number of rotatable bonds is 3. The van der Waals surface area contributed by atoms with Crippen LogP contribution in [0.2, 0.25) is 10.0 Å². The molecule has 0 unspecified atom stereocenters. The maximum Gasteiger partial charge on any atom is 0.275 e. The third-order valence-corrected chi connectivity index (χ3v) is 3.00. The van der Waals surface area contributed by atoms with Crippen LogP contribution >= 0.6 is 23.2 Å². The van der Waals surface area contributed by atoms with Crippen molar-refractivity contribution in [1.29, 1.82) is 0 Å². The fraction of sp³-hybridized carbons (Fsp3) is 0. The smallest absolute Gasteiger partial charge is 0.275 e. The monoisotopic (exact) mass is 314 g/mol. The zero-order chi connectivity index (χ0) is 14.7. The first kappa shape index (κ1) is 14.5. The molecule has 0 aliphatic heterocycles. The van der Waals surface area contributed by atoms with E-state index in [4.69, 9.17) is 29.0 Å². The Morgan fingerprint density at radius 1 is 1.20 bits per heavy atom. The number of carbonyl (C=O) groups excluding carboxylic acids is 1. The Labute approximate surface area is 123 Å². The van der Waals surface area contributed by atoms with Gasteiger partial charge in [0.1, 0.15) is 17.3 Å². The zero-order valence-corrected chi connectivity index (χ0v) is 11.5. The van der Waals surface area contributed by atoms with Gasteiger partial charge in [-0.2, -0.15) is 0 Å². The number of nitrogens with zero attached hydrogens (tertiary/aromatic N) is 1. The predicted molar refractivity (Wildman–Crippen MR) is 76.4 cm³/mol. The summed E-state index contributed by atoms with van der Waals surface area (Å²) in [4.78, 5) is 15.9. The molecule has 2 rings (SSSR count). The summed E-state index contributed by atoms with van der Waals surface area (Å²) in [6.07, 6.45) is 0. The van der Waals surface area contributed by atoms with E-state index < -0.39 is 11.7 Å². The van der Waals surface area contributed by atoms with Gasteiger partial charge < -0.3 is 10.7 Å². The molecule has 20 heavy (non-hydrogen) atoms. The van der Waals surface area contributed by atoms with Crippen molar-refractivity contribution in [2.45, 2.75) is 0 Å². The number of nitrogens with two attached hydrogens (primary N) is 1. The molecular formula is C12H9Cl2FN4O. The van der Waals surface area contributed by atoms with Crippen LogP contribution < -0.4 is 16.6 Å². The lowest BCUT2D eigenvalue weighted by Crippen LogP contribution is -2.17. The van der Waals surface area contributed by atoms with Crippen LogP contribution in [0.5, 0.6) is 0 Å². The van der Waals surface area contributed by atoms with Crippen LogP contribution in [-0.2, 0) is 0 Å². The van der Waals surface area contributed by atoms with Crippen LogP contribution in [0.3, 0.4) is 0 Å². The van der Waals surface area contributed by atoms with E-state index in [1.807, 2.05) is 0 Å². The highest BCUT2D eigenvalue weighted by Gasteiger charge is 2.14. The maximum absolute atomic E-state index is 13.3. The highest BCUT2D eigenvalue weighted by molar-refractivity contribution is 6.34. The van der Waals surface area contributed by atoms with Crippen molar-refractivity contribution >= 4 is 40.6 Å². The van der Waals surface area contributed by atoms with Crippen LogP contribution in [0, 0.1) is 5.82 Å². The van der Waals surface area contributed by atoms with E-state index in [1.165, 1.54) is 24.3 Å². The Hall–Kier alpha value is -1.89. The number of carbonyl (C=O) groups is 1. The minimum absolute atomic E-state index is 0.0301. The minimum atomic E-state index is -0.638. The molecule has 104 valence electrons. The van der Waals surface area contributed by atoms with E-state index in [0.717, 1.165) is 6.07 Å². The van der Waals surface area contributed by atoms with Gasteiger partial charge in [0.2, 0.25) is 0 Å². The first-order valence-corrected chi connectivity index (χ1v) is 6.16. The molecule has 0 aliphatic carbocycles. The molecule has 0 atom stereocenters. The number of hydrogen-bond acceptors (Lipinski definition) is 4. The number of aromatic nitrogens is 1. The Bertz CT molecular complexity index is 666. The van der Waals surface area contributed by atoms with Gasteiger partial charge >= 0.3 is 0 Å². The second-order valence-electron chi connectivity index (χ2n) is 3.75. The summed E-state index contributed by atoms with van der Waals surface area (Å²) < 4.78 is 13.3. The molecular weight excluding hydrogens is 306 g/mol. The van der Waals surface area contributed by atoms with Crippen molar-refractivity contribution in [2.75, 3.05) is 10.7 Å². The quantitative estimate of drug-likeness (QED) is 0.601. The fourth-order valence-electron chi connectivity index (χ4n) is 1.45. The molecule has 4 N–H and O–H groups in total. The molecule has 0 spiro atoms. The summed E-state index contributed by atoms with van der Waals surface area (Å²) in [7, 11) is 0. The van der Waals surface area contributed by atoms with Crippen molar-refractivity contribution < 1.29 is 9.18 Å². The molecule has 0 radical (unpaired) electrons. The van der Waals surface area contributed by atoms with Crippen LogP contribution in [-0.4, -0.2) is 10.9 Å². The number of nitrogen functional groups attached to an aromatic ring is 1. The first-order valence-electron chi connectivity index (χ1n) is 5.41. The lowest BCUT2D eigenvalue weighted by Gasteiger charge is -2.08. The highest BCUT2D eigenvalue weighted by Crippen LogP contribution is 2.21. The number of benzene rings is 1. The number of halogens is 3. The van der Waals surface area contributed by atoms with Crippen molar-refractivity contribution in [3.8, 4) is 0 Å². The van der Waals surface area contributed by atoms with Crippen LogP contribution in [0.1, 0.15) is 10.5 Å². The van der Waals surface area contributed by atoms with E-state index in [0.29, 0.717) is 0 Å². The average Bonchev–Trinajstić information content (AvgIpc) is 2.43. The Balaban J connectivity index is 2.25. The molecule has 0 saturated heterocycles. The van der Waals surface area contributed by atoms with Crippen molar-refractivity contribution in [3.63, 3.8) is 0 Å². The molecule has 8 heteroatoms. The molecule has 0 bridgehead atoms. The largest absolute Gasteiger partial charge is 0.321 e. The topological polar surface area (TPSA) is 80.0 Å². The van der Waals surface area contributed by atoms with Crippen molar-refractivity contribution in [1.82, 2.24) is 4.98 Å². The summed E-state index contributed by atoms with van der Waals surface area (Å²) in [5.41, 5.74) is 2.51. The number of hydrazine groups is 1. The Morgan fingerprint density at radius 3 is 2.55 bits per heavy atom. The standard InChI is InChI=1S/C12H9Cl2FN4O/c13-7-2-1-6(5-9(7)15)17-12(20)11-8(14)3-4-10(18-11)19-16/h1-5H,16H2,(H,17,20)(H,18,19). The summed E-state index contributed by atoms with van der Waals surface area (Å²) in [6.45, 7) is 0. The molecule has 5 nitrogen and oxygen atoms in total. The van der Waals surface area contributed by atoms with Gasteiger partial charge in [0.25, 0.3) is 5.91 Å². The van der Waals surface area contributed by atoms with Gasteiger partial charge in [0, 0.05) is 5.69 Å². The molecule has 0 aliphatic rings. The number of pyridine rings is 1. The van der Waals surface area contributed by atoms with E-state index in [1.54, 1.807) is 0 Å². The second kappa shape index (κ2) is 6.04. The van der Waals surface area contributed by atoms with Gasteiger partial charge in [-0.3, -0.25) is 4.79 Å². The number of anilines is 2. The lowest BCUT2D eigenvalue weighted by molar-refractivity contribution is 0.102. The summed E-state index contributed by atoms with van der Waals surface area (Å²) in [6, 6.07) is 6.88. The van der Waals surface area contributed by atoms with E-state index >= 15 is 0 Å². The minimum Gasteiger partial charge on any atom is -0.321 e. The van der Waals surface area contributed by atoms with E-state index in [9.17, 15) is 9.18 Å². The lowest BCUT2D eigenvalue weighted by atomic mass is 10.2. The fourth-order valence-corrected chi connectivity index (χ4v) is 1.75. The van der Waals surface area contributed by atoms with Crippen molar-refractivity contribution in [2.24, 2.45) is 5.84 Å². The summed E-state index contributed by atoms with van der Waals surface area (Å²) in [5.74, 6) is 4.26. The number of hydrogen-bond donors (Lipinski definition) is 3. The van der Waals surface area contributed by atoms with Crippen molar-refractivity contribution in [3.05, 3.63) is 51.9 Å². The SMILES string of the molecule is NNc1ccc(Cl)c(C(=O)Nc2ccc(Cl)c(F)c2)n1. The summed E-state index contributed by atoms with van der Waals surface area (Å²) in [5, 5.41) is 2.58. The Kier molecular flexibility index (Phi) is 4.39. The van der Waals surface area contributed by atoms with E-state index in [2.05, 4.69) is 15.7 Å². The molecule has 1 heterocycles. The second-order valence-corrected chi connectivity index (χ2v) is 4.57. The number of amides is 1. The van der Waals surface area contributed by atoms with Gasteiger partial charge in [0.15, 0.2) is 0 Å². The van der Waals surface area contributed by atoms with Crippen LogP contribution in [0.15, 0.2) is 30.3 Å². The predicted octanol–water partition coefficient (Wildman–Crippen LogP) is 3.07. The van der Waals surface area contributed by atoms with Gasteiger partial charge in [0.05, 0.1) is 10.0 Å².